The quantitative estimate of drug-likeness (QED) is 0.465. The van der Waals surface area contributed by atoms with Gasteiger partial charge in [-0.1, -0.05) is 16.3 Å². The molecule has 0 amide bonds. The molecule has 0 spiro atoms. The Balaban J connectivity index is 2.39. The zero-order chi connectivity index (χ0) is 15.4. The van der Waals surface area contributed by atoms with Gasteiger partial charge in [0.15, 0.2) is 0 Å². The van der Waals surface area contributed by atoms with Gasteiger partial charge in [-0.2, -0.15) is 0 Å². The average molecular weight is 302 g/mol. The molecule has 102 valence electrons. The first-order valence-electron chi connectivity index (χ1n) is 5.31. The summed E-state index contributed by atoms with van der Waals surface area (Å²) in [5.74, 6) is -1.77. The molecular formula is C10H2N6O4S. The fraction of sp³-hybridized carbons (Fsp3) is 0. The van der Waals surface area contributed by atoms with E-state index in [0.717, 1.165) is 6.07 Å². The van der Waals surface area contributed by atoms with Crippen LogP contribution in [0, 0.1) is 0 Å². The topological polar surface area (TPSA) is 166 Å². The number of carbonyl (C=O) groups excluding carboxylic acids is 2. The summed E-state index contributed by atoms with van der Waals surface area (Å²) in [7, 11) is -3.96. The molecule has 0 bridgehead atoms. The zero-order valence-electron chi connectivity index (χ0n) is 9.88. The van der Waals surface area contributed by atoms with E-state index in [1.54, 1.807) is 0 Å². The van der Waals surface area contributed by atoms with Crippen LogP contribution in [0.1, 0.15) is 20.7 Å². The highest BCUT2D eigenvalue weighted by atomic mass is 32.2. The number of hydrogen-bond acceptors (Lipinski definition) is 6. The Bertz CT molecular complexity index is 993. The predicted octanol–water partition coefficient (Wildman–Crippen LogP) is 2.59. The fourth-order valence-corrected chi connectivity index (χ4v) is 3.63. The minimum atomic E-state index is -3.96. The molecular weight excluding hydrogens is 300 g/mol. The van der Waals surface area contributed by atoms with Crippen LogP contribution in [-0.4, -0.2) is 20.0 Å². The highest BCUT2D eigenvalue weighted by Gasteiger charge is 2.57. The predicted molar refractivity (Wildman–Crippen MR) is 68.7 cm³/mol. The van der Waals surface area contributed by atoms with Gasteiger partial charge in [-0.3, -0.25) is 9.59 Å². The van der Waals surface area contributed by atoms with Crippen molar-refractivity contribution in [3.63, 3.8) is 0 Å². The van der Waals surface area contributed by atoms with Crippen LogP contribution in [0.3, 0.4) is 0 Å². The molecule has 0 aromatic heterocycles. The van der Waals surface area contributed by atoms with Crippen molar-refractivity contribution in [2.75, 3.05) is 0 Å². The first kappa shape index (κ1) is 12.9. The molecule has 0 atom stereocenters. The lowest BCUT2D eigenvalue weighted by Gasteiger charge is -2.11. The average Bonchev–Trinajstić information content (AvgIpc) is 3.01. The Kier molecular flexibility index (Phi) is 2.41. The second kappa shape index (κ2) is 3.93. The molecule has 3 rings (SSSR count). The molecule has 0 saturated carbocycles. The lowest BCUT2D eigenvalue weighted by atomic mass is 9.92. The van der Waals surface area contributed by atoms with Gasteiger partial charge in [0, 0.05) is 26.6 Å². The van der Waals surface area contributed by atoms with E-state index in [-0.39, 0.29) is 22.5 Å². The first-order chi connectivity index (χ1) is 9.95. The van der Waals surface area contributed by atoms with Gasteiger partial charge in [0.05, 0.1) is 5.69 Å². The number of Topliss-reactive ketones (excluding diaryl/α,β-unsaturated/α-hetero) is 2. The maximum Gasteiger partial charge on any atom is 0.217 e. The van der Waals surface area contributed by atoms with E-state index in [9.17, 15) is 18.0 Å². The van der Waals surface area contributed by atoms with Crippen molar-refractivity contribution in [3.05, 3.63) is 54.0 Å². The molecule has 11 heteroatoms. The van der Waals surface area contributed by atoms with Crippen molar-refractivity contribution in [2.24, 2.45) is 10.2 Å². The smallest absolute Gasteiger partial charge is 0.217 e. The Morgan fingerprint density at radius 3 is 2.19 bits per heavy atom. The lowest BCUT2D eigenvalue weighted by Crippen LogP contribution is -2.11. The lowest BCUT2D eigenvalue weighted by molar-refractivity contribution is 0.0994. The van der Waals surface area contributed by atoms with Gasteiger partial charge in [0.1, 0.15) is 9.81 Å². The third kappa shape index (κ3) is 1.50. The van der Waals surface area contributed by atoms with Crippen LogP contribution in [0.15, 0.2) is 32.2 Å². The number of sulfone groups is 1. The van der Waals surface area contributed by atoms with E-state index >= 15 is 0 Å². The van der Waals surface area contributed by atoms with E-state index in [0.29, 0.717) is 0 Å². The van der Waals surface area contributed by atoms with Crippen LogP contribution < -0.4 is 0 Å². The maximum absolute atomic E-state index is 12.2. The largest absolute Gasteiger partial charge is 0.288 e. The van der Waals surface area contributed by atoms with Gasteiger partial charge in [0.2, 0.25) is 21.4 Å². The monoisotopic (exact) mass is 302 g/mol. The van der Waals surface area contributed by atoms with Crippen LogP contribution in [-0.2, 0) is 9.84 Å². The minimum Gasteiger partial charge on any atom is -0.288 e. The summed E-state index contributed by atoms with van der Waals surface area (Å²) in [5.41, 5.74) is 15.9. The molecule has 1 aromatic carbocycles. The van der Waals surface area contributed by atoms with Crippen LogP contribution in [0.4, 0.5) is 11.4 Å². The number of carbonyl (C=O) groups is 2. The van der Waals surface area contributed by atoms with Gasteiger partial charge in [-0.25, -0.2) is 8.42 Å². The molecule has 0 fully saturated rings. The molecule has 0 unspecified atom stereocenters. The number of nitrogens with zero attached hydrogens (tertiary/aromatic N) is 6. The van der Waals surface area contributed by atoms with E-state index in [1.807, 2.05) is 0 Å². The van der Waals surface area contributed by atoms with Crippen molar-refractivity contribution < 1.29 is 18.0 Å². The number of rotatable bonds is 2. The van der Waals surface area contributed by atoms with Gasteiger partial charge in [-0.05, 0) is 17.1 Å². The molecule has 0 N–H and O–H groups in total. The number of hydrogen-bond donors (Lipinski definition) is 0. The summed E-state index contributed by atoms with van der Waals surface area (Å²) in [6.45, 7) is 0. The highest BCUT2D eigenvalue weighted by molar-refractivity contribution is 8.08. The van der Waals surface area contributed by atoms with Gasteiger partial charge in [0.25, 0.3) is 0 Å². The molecule has 1 aliphatic heterocycles. The molecule has 10 nitrogen and oxygen atoms in total. The fourth-order valence-electron chi connectivity index (χ4n) is 2.15. The summed E-state index contributed by atoms with van der Waals surface area (Å²) in [6, 6.07) is 2.34. The number of azide groups is 2. The zero-order valence-corrected chi connectivity index (χ0v) is 10.7. The summed E-state index contributed by atoms with van der Waals surface area (Å²) < 4.78 is 23.2. The molecule has 21 heavy (non-hydrogen) atoms. The summed E-state index contributed by atoms with van der Waals surface area (Å²) in [6.07, 6.45) is 0. The molecule has 1 heterocycles. The second-order valence-corrected chi connectivity index (χ2v) is 5.88. The maximum atomic E-state index is 12.2. The third-order valence-corrected chi connectivity index (χ3v) is 4.69. The van der Waals surface area contributed by atoms with E-state index < -0.39 is 31.2 Å². The SMILES string of the molecule is [N-]=[N+]=Nc1ccc2c(c1N=[N+]=[N-])C(=O)C1=C(C2=O)S1(=O)=O. The second-order valence-electron chi connectivity index (χ2n) is 4.05. The van der Waals surface area contributed by atoms with Gasteiger partial charge in [-0.15, -0.1) is 0 Å². The highest BCUT2D eigenvalue weighted by Crippen LogP contribution is 2.49. The summed E-state index contributed by atoms with van der Waals surface area (Å²) >= 11 is 0. The number of allylic oxidation sites excluding steroid dienone is 2. The molecule has 1 aliphatic carbocycles. The van der Waals surface area contributed by atoms with Gasteiger partial charge >= 0.3 is 0 Å². The van der Waals surface area contributed by atoms with Gasteiger partial charge < -0.3 is 0 Å². The van der Waals surface area contributed by atoms with E-state index in [2.05, 4.69) is 20.1 Å². The molecule has 2 aliphatic rings. The Hall–Kier alpha value is -3.13. The van der Waals surface area contributed by atoms with Crippen LogP contribution in [0.2, 0.25) is 0 Å². The normalized spacial score (nSPS) is 17.3. The van der Waals surface area contributed by atoms with Crippen molar-refractivity contribution >= 4 is 32.8 Å². The summed E-state index contributed by atoms with van der Waals surface area (Å²) in [5, 5.41) is 6.50. The van der Waals surface area contributed by atoms with Crippen LogP contribution in [0.25, 0.3) is 20.9 Å². The minimum absolute atomic E-state index is 0.169. The Morgan fingerprint density at radius 1 is 0.952 bits per heavy atom. The van der Waals surface area contributed by atoms with Crippen LogP contribution >= 0.6 is 0 Å². The number of fused-ring (bicyclic) bond motifs is 1. The summed E-state index contributed by atoms with van der Waals surface area (Å²) in [4.78, 5) is 28.1. The van der Waals surface area contributed by atoms with Crippen molar-refractivity contribution in [1.29, 1.82) is 0 Å². The molecule has 0 saturated heterocycles. The molecule has 1 aromatic rings. The van der Waals surface area contributed by atoms with Crippen molar-refractivity contribution in [2.45, 2.75) is 0 Å². The Labute approximate surface area is 115 Å². The third-order valence-electron chi connectivity index (χ3n) is 3.04. The van der Waals surface area contributed by atoms with Crippen molar-refractivity contribution in [1.82, 2.24) is 0 Å². The number of benzene rings is 1. The standard InChI is InChI=1S/C10H2N6O4S/c11-15-13-4-2-1-3-5(6(4)14-16-12)8(18)10-9(7(3)17)21(10,19)20/h1-2H. The Morgan fingerprint density at radius 2 is 1.57 bits per heavy atom. The number of ketones is 2. The van der Waals surface area contributed by atoms with E-state index in [4.69, 9.17) is 11.1 Å². The van der Waals surface area contributed by atoms with Crippen LogP contribution in [0.5, 0.6) is 0 Å². The first-order valence-corrected chi connectivity index (χ1v) is 6.79. The van der Waals surface area contributed by atoms with E-state index in [1.165, 1.54) is 6.07 Å². The van der Waals surface area contributed by atoms with Crippen molar-refractivity contribution in [3.8, 4) is 0 Å². The molecule has 0 radical (unpaired) electrons.